The first-order valence-electron chi connectivity index (χ1n) is 25.4. The molecule has 0 saturated heterocycles. The molecule has 0 aliphatic carbocycles. The van der Waals surface area contributed by atoms with Gasteiger partial charge >= 0.3 is 5.97 Å². The van der Waals surface area contributed by atoms with E-state index in [4.69, 9.17) is 4.74 Å². The van der Waals surface area contributed by atoms with E-state index in [9.17, 15) is 19.8 Å². The van der Waals surface area contributed by atoms with Crippen LogP contribution in [0.15, 0.2) is 85.1 Å². The molecule has 61 heavy (non-hydrogen) atoms. The molecule has 0 aromatic heterocycles. The summed E-state index contributed by atoms with van der Waals surface area (Å²) in [4.78, 5) is 26.1. The maximum absolute atomic E-state index is 13.2. The molecule has 1 amide bonds. The number of hydrogen-bond acceptors (Lipinski definition) is 5. The summed E-state index contributed by atoms with van der Waals surface area (Å²) in [6.07, 6.45) is 62.1. The molecule has 6 heteroatoms. The Kier molecular flexibility index (Phi) is 45.7. The van der Waals surface area contributed by atoms with Crippen LogP contribution in [-0.2, 0) is 14.3 Å². The molecule has 6 nitrogen and oxygen atoms in total. The normalized spacial score (nSPS) is 14.0. The lowest BCUT2D eigenvalue weighted by Gasteiger charge is -2.24. The second kappa shape index (κ2) is 48.1. The zero-order valence-electron chi connectivity index (χ0n) is 39.8. The van der Waals surface area contributed by atoms with E-state index in [2.05, 4.69) is 74.7 Å². The van der Waals surface area contributed by atoms with Crippen LogP contribution in [0.1, 0.15) is 226 Å². The van der Waals surface area contributed by atoms with Crippen LogP contribution in [0, 0.1) is 0 Å². The van der Waals surface area contributed by atoms with E-state index in [0.29, 0.717) is 19.3 Å². The second-order valence-corrected chi connectivity index (χ2v) is 17.0. The molecule has 3 N–H and O–H groups in total. The lowest BCUT2D eigenvalue weighted by atomic mass is 10.0. The molecule has 350 valence electrons. The van der Waals surface area contributed by atoms with Crippen molar-refractivity contribution < 1.29 is 24.5 Å². The molecular formula is C55H95NO5. The summed E-state index contributed by atoms with van der Waals surface area (Å²) < 4.78 is 5.90. The van der Waals surface area contributed by atoms with Gasteiger partial charge in [0.1, 0.15) is 6.10 Å². The maximum Gasteiger partial charge on any atom is 0.306 e. The van der Waals surface area contributed by atoms with Gasteiger partial charge in [0, 0.05) is 6.42 Å². The number of aliphatic hydroxyl groups is 2. The van der Waals surface area contributed by atoms with E-state index in [1.165, 1.54) is 96.3 Å². The van der Waals surface area contributed by atoms with E-state index in [1.54, 1.807) is 0 Å². The molecule has 3 atom stereocenters. The van der Waals surface area contributed by atoms with Gasteiger partial charge < -0.3 is 20.3 Å². The zero-order chi connectivity index (χ0) is 44.5. The lowest BCUT2D eigenvalue weighted by Crippen LogP contribution is -2.46. The molecule has 0 heterocycles. The van der Waals surface area contributed by atoms with Crippen molar-refractivity contribution in [3.05, 3.63) is 85.1 Å². The number of carbonyl (C=O) groups excluding carboxylic acids is 2. The molecule has 3 unspecified atom stereocenters. The summed E-state index contributed by atoms with van der Waals surface area (Å²) in [5, 5.41) is 23.7. The van der Waals surface area contributed by atoms with E-state index in [1.807, 2.05) is 36.5 Å². The zero-order valence-corrected chi connectivity index (χ0v) is 39.8. The molecule has 0 rings (SSSR count). The minimum Gasteiger partial charge on any atom is -0.462 e. The Bertz CT molecular complexity index is 1180. The molecule has 0 saturated carbocycles. The molecule has 0 bridgehead atoms. The number of aliphatic hydroxyl groups excluding tert-OH is 2. The van der Waals surface area contributed by atoms with Gasteiger partial charge in [-0.1, -0.05) is 228 Å². The van der Waals surface area contributed by atoms with Crippen molar-refractivity contribution in [3.8, 4) is 0 Å². The highest BCUT2D eigenvalue weighted by atomic mass is 16.5. The van der Waals surface area contributed by atoms with Gasteiger partial charge in [0.15, 0.2) is 0 Å². The highest BCUT2D eigenvalue weighted by Crippen LogP contribution is 2.17. The number of allylic oxidation sites excluding steroid dienone is 14. The van der Waals surface area contributed by atoms with Crippen molar-refractivity contribution >= 4 is 11.9 Å². The van der Waals surface area contributed by atoms with Crippen LogP contribution < -0.4 is 5.32 Å². The monoisotopic (exact) mass is 850 g/mol. The fraction of sp³-hybridized carbons (Fsp3) is 0.709. The minimum absolute atomic E-state index is 0.0346. The van der Waals surface area contributed by atoms with Gasteiger partial charge in [-0.05, 0) is 70.6 Å². The average molecular weight is 850 g/mol. The van der Waals surface area contributed by atoms with Crippen LogP contribution in [0.3, 0.4) is 0 Å². The topological polar surface area (TPSA) is 95.9 Å². The predicted molar refractivity (Wildman–Crippen MR) is 264 cm³/mol. The van der Waals surface area contributed by atoms with Crippen LogP contribution in [0.5, 0.6) is 0 Å². The van der Waals surface area contributed by atoms with Gasteiger partial charge in [-0.25, -0.2) is 0 Å². The van der Waals surface area contributed by atoms with Gasteiger partial charge in [0.2, 0.25) is 5.91 Å². The van der Waals surface area contributed by atoms with Crippen LogP contribution >= 0.6 is 0 Å². The molecule has 0 aromatic carbocycles. The third-order valence-corrected chi connectivity index (χ3v) is 11.1. The number of esters is 1. The molecule has 0 aliphatic rings. The SMILES string of the molecule is CCC/C=C/C=C/C=C/C=C/C=C/CCCCCC(CC(=O)NC(CO)C(O)CCCCCCCCCCCC)OC(=O)CCCCC/C=C/C=C/CCCCCCCCC. The maximum atomic E-state index is 13.2. The Labute approximate surface area is 376 Å². The summed E-state index contributed by atoms with van der Waals surface area (Å²) in [7, 11) is 0. The summed E-state index contributed by atoms with van der Waals surface area (Å²) >= 11 is 0. The van der Waals surface area contributed by atoms with Gasteiger partial charge in [-0.2, -0.15) is 0 Å². The Morgan fingerprint density at radius 1 is 0.475 bits per heavy atom. The van der Waals surface area contributed by atoms with Crippen LogP contribution in [0.25, 0.3) is 0 Å². The fourth-order valence-electron chi connectivity index (χ4n) is 7.21. The highest BCUT2D eigenvalue weighted by Gasteiger charge is 2.24. The molecule has 0 spiro atoms. The first-order valence-corrected chi connectivity index (χ1v) is 25.4. The number of hydrogen-bond donors (Lipinski definition) is 3. The van der Waals surface area contributed by atoms with E-state index >= 15 is 0 Å². The van der Waals surface area contributed by atoms with Crippen molar-refractivity contribution in [3.63, 3.8) is 0 Å². The summed E-state index contributed by atoms with van der Waals surface area (Å²) in [6, 6.07) is -0.724. The van der Waals surface area contributed by atoms with E-state index in [0.717, 1.165) is 83.5 Å². The van der Waals surface area contributed by atoms with E-state index in [-0.39, 0.29) is 24.9 Å². The Morgan fingerprint density at radius 2 is 0.869 bits per heavy atom. The summed E-state index contributed by atoms with van der Waals surface area (Å²) in [5.74, 6) is -0.553. The molecule has 0 radical (unpaired) electrons. The van der Waals surface area contributed by atoms with Crippen molar-refractivity contribution in [1.29, 1.82) is 0 Å². The minimum atomic E-state index is -0.807. The Balaban J connectivity index is 4.75. The number of ether oxygens (including phenoxy) is 1. The quantitative estimate of drug-likeness (QED) is 0.0322. The largest absolute Gasteiger partial charge is 0.462 e. The van der Waals surface area contributed by atoms with Crippen molar-refractivity contribution in [2.45, 2.75) is 244 Å². The number of unbranched alkanes of at least 4 members (excludes halogenated alkanes) is 23. The number of rotatable bonds is 44. The van der Waals surface area contributed by atoms with Gasteiger partial charge in [-0.15, -0.1) is 0 Å². The van der Waals surface area contributed by atoms with Gasteiger partial charge in [0.25, 0.3) is 0 Å². The van der Waals surface area contributed by atoms with Crippen LogP contribution in [0.2, 0.25) is 0 Å². The van der Waals surface area contributed by atoms with Crippen molar-refractivity contribution in [1.82, 2.24) is 5.32 Å². The fourth-order valence-corrected chi connectivity index (χ4v) is 7.21. The highest BCUT2D eigenvalue weighted by molar-refractivity contribution is 5.77. The summed E-state index contributed by atoms with van der Waals surface area (Å²) in [5.41, 5.74) is 0. The Hall–Kier alpha value is -2.96. The lowest BCUT2D eigenvalue weighted by molar-refractivity contribution is -0.151. The predicted octanol–water partition coefficient (Wildman–Crippen LogP) is 15.2. The van der Waals surface area contributed by atoms with Crippen LogP contribution in [0.4, 0.5) is 0 Å². The van der Waals surface area contributed by atoms with Gasteiger partial charge in [0.05, 0.1) is 25.2 Å². The smallest absolute Gasteiger partial charge is 0.306 e. The van der Waals surface area contributed by atoms with Crippen LogP contribution in [-0.4, -0.2) is 46.9 Å². The standard InChI is InChI=1S/C55H95NO5/c1-4-7-10-13-16-19-22-24-26-28-30-32-34-37-40-43-46-51(49-54(59)56-52(50-57)53(58)47-44-41-38-35-21-18-15-12-9-6-3)61-55(60)48-45-42-39-36-33-31-29-27-25-23-20-17-14-11-8-5-2/h10,13,16,19,22,24,26-33,51-53,57-58H,4-9,11-12,14-15,17-18,20-21,23,25,34-50H2,1-3H3,(H,56,59)/b13-10+,19-16+,24-22+,28-26+,29-27+,32-30+,33-31+. The van der Waals surface area contributed by atoms with E-state index < -0.39 is 18.2 Å². The summed E-state index contributed by atoms with van der Waals surface area (Å²) in [6.45, 7) is 6.35. The molecule has 0 fully saturated rings. The first kappa shape index (κ1) is 58.0. The molecule has 0 aromatic rings. The molecular weight excluding hydrogens is 755 g/mol. The van der Waals surface area contributed by atoms with Crippen molar-refractivity contribution in [2.24, 2.45) is 0 Å². The first-order chi connectivity index (χ1) is 30.0. The average Bonchev–Trinajstić information content (AvgIpc) is 3.25. The molecule has 0 aliphatic heterocycles. The number of nitrogens with one attached hydrogen (secondary N) is 1. The van der Waals surface area contributed by atoms with Crippen molar-refractivity contribution in [2.75, 3.05) is 6.61 Å². The Morgan fingerprint density at radius 3 is 1.36 bits per heavy atom. The second-order valence-electron chi connectivity index (χ2n) is 17.0. The van der Waals surface area contributed by atoms with Gasteiger partial charge in [-0.3, -0.25) is 9.59 Å². The third kappa shape index (κ3) is 43.5. The third-order valence-electron chi connectivity index (χ3n) is 11.1. The number of carbonyl (C=O) groups is 2. The number of amides is 1.